The summed E-state index contributed by atoms with van der Waals surface area (Å²) in [6.45, 7) is 2.30. The van der Waals surface area contributed by atoms with Gasteiger partial charge >= 0.3 is 0 Å². The minimum absolute atomic E-state index is 0.118. The SMILES string of the molecule is CC1CCC2(CC1)C[C@H](O)c1cc(Br)ccc1O2. The van der Waals surface area contributed by atoms with Gasteiger partial charge in [-0.2, -0.15) is 0 Å². The monoisotopic (exact) mass is 310 g/mol. The van der Waals surface area contributed by atoms with E-state index in [0.717, 1.165) is 41.0 Å². The number of rotatable bonds is 0. The maximum Gasteiger partial charge on any atom is 0.126 e. The van der Waals surface area contributed by atoms with Gasteiger partial charge in [-0.25, -0.2) is 0 Å². The second kappa shape index (κ2) is 4.53. The number of aliphatic hydroxyl groups excluding tert-OH is 1. The van der Waals surface area contributed by atoms with E-state index in [2.05, 4.69) is 22.9 Å². The molecule has 0 bridgehead atoms. The van der Waals surface area contributed by atoms with E-state index in [1.54, 1.807) is 0 Å². The van der Waals surface area contributed by atoms with Crippen molar-refractivity contribution in [1.82, 2.24) is 0 Å². The molecule has 1 spiro atoms. The van der Waals surface area contributed by atoms with E-state index in [0.29, 0.717) is 0 Å². The molecule has 18 heavy (non-hydrogen) atoms. The third-order valence-electron chi connectivity index (χ3n) is 4.41. The van der Waals surface area contributed by atoms with Gasteiger partial charge in [0.25, 0.3) is 0 Å². The van der Waals surface area contributed by atoms with E-state index < -0.39 is 0 Å². The first-order valence-electron chi connectivity index (χ1n) is 6.74. The highest BCUT2D eigenvalue weighted by molar-refractivity contribution is 9.10. The Labute approximate surface area is 116 Å². The van der Waals surface area contributed by atoms with Crippen molar-refractivity contribution in [3.05, 3.63) is 28.2 Å². The molecule has 2 nitrogen and oxygen atoms in total. The third kappa shape index (κ3) is 2.19. The molecule has 1 aliphatic heterocycles. The first-order chi connectivity index (χ1) is 8.58. The van der Waals surface area contributed by atoms with Crippen molar-refractivity contribution in [3.63, 3.8) is 0 Å². The van der Waals surface area contributed by atoms with Crippen molar-refractivity contribution in [1.29, 1.82) is 0 Å². The fourth-order valence-corrected chi connectivity index (χ4v) is 3.58. The van der Waals surface area contributed by atoms with Crippen molar-refractivity contribution in [2.45, 2.75) is 50.7 Å². The first kappa shape index (κ1) is 12.5. The zero-order chi connectivity index (χ0) is 12.8. The minimum Gasteiger partial charge on any atom is -0.487 e. The number of hydrogen-bond donors (Lipinski definition) is 1. The summed E-state index contributed by atoms with van der Waals surface area (Å²) in [5.74, 6) is 1.66. The highest BCUT2D eigenvalue weighted by Crippen LogP contribution is 2.47. The van der Waals surface area contributed by atoms with Crippen molar-refractivity contribution in [2.75, 3.05) is 0 Å². The van der Waals surface area contributed by atoms with Crippen LogP contribution in [0.4, 0.5) is 0 Å². The van der Waals surface area contributed by atoms with Crippen LogP contribution in [0.2, 0.25) is 0 Å². The molecule has 2 aliphatic rings. The van der Waals surface area contributed by atoms with Crippen LogP contribution in [0.15, 0.2) is 22.7 Å². The molecule has 3 rings (SSSR count). The summed E-state index contributed by atoms with van der Waals surface area (Å²) in [6.07, 6.45) is 4.90. The standard InChI is InChI=1S/C15H19BrO2/c1-10-4-6-15(7-5-10)9-13(17)12-8-11(16)2-3-14(12)18-15/h2-3,8,10,13,17H,4-7,9H2,1H3/t10?,13-,15?/m0/s1. The summed E-state index contributed by atoms with van der Waals surface area (Å²) >= 11 is 3.45. The fourth-order valence-electron chi connectivity index (χ4n) is 3.20. The Hall–Kier alpha value is -0.540. The van der Waals surface area contributed by atoms with Crippen LogP contribution in [0.5, 0.6) is 5.75 Å². The van der Waals surface area contributed by atoms with Gasteiger partial charge in [0, 0.05) is 16.5 Å². The Bertz CT molecular complexity index is 450. The smallest absolute Gasteiger partial charge is 0.126 e. The van der Waals surface area contributed by atoms with Gasteiger partial charge in [-0.15, -0.1) is 0 Å². The summed E-state index contributed by atoms with van der Waals surface area (Å²) in [4.78, 5) is 0. The molecule has 3 heteroatoms. The van der Waals surface area contributed by atoms with Crippen molar-refractivity contribution in [2.24, 2.45) is 5.92 Å². The molecule has 1 atom stereocenters. The summed E-state index contributed by atoms with van der Waals surface area (Å²) < 4.78 is 7.25. The lowest BCUT2D eigenvalue weighted by molar-refractivity contribution is -0.0454. The quantitative estimate of drug-likeness (QED) is 0.777. The van der Waals surface area contributed by atoms with Gasteiger partial charge in [-0.3, -0.25) is 0 Å². The van der Waals surface area contributed by atoms with Crippen LogP contribution in [0.25, 0.3) is 0 Å². The molecule has 98 valence electrons. The second-order valence-electron chi connectivity index (χ2n) is 5.87. The Balaban J connectivity index is 1.89. The number of fused-ring (bicyclic) bond motifs is 1. The second-order valence-corrected chi connectivity index (χ2v) is 6.79. The van der Waals surface area contributed by atoms with Crippen molar-refractivity contribution in [3.8, 4) is 5.75 Å². The van der Waals surface area contributed by atoms with Gasteiger partial charge < -0.3 is 9.84 Å². The van der Waals surface area contributed by atoms with Gasteiger partial charge in [-0.1, -0.05) is 22.9 Å². The van der Waals surface area contributed by atoms with Crippen molar-refractivity contribution >= 4 is 15.9 Å². The van der Waals surface area contributed by atoms with Gasteiger partial charge in [-0.05, 0) is 49.8 Å². The van der Waals surface area contributed by atoms with Crippen LogP contribution in [-0.2, 0) is 0 Å². The normalized spacial score (nSPS) is 35.1. The molecule has 1 saturated carbocycles. The Kier molecular flexibility index (Phi) is 3.15. The molecule has 1 aliphatic carbocycles. The summed E-state index contributed by atoms with van der Waals surface area (Å²) in [5, 5.41) is 10.4. The number of halogens is 1. The predicted octanol–water partition coefficient (Wildman–Crippen LogP) is 4.21. The fraction of sp³-hybridized carbons (Fsp3) is 0.600. The molecule has 1 aromatic carbocycles. The highest BCUT2D eigenvalue weighted by Gasteiger charge is 2.42. The number of hydrogen-bond acceptors (Lipinski definition) is 2. The molecular formula is C15H19BrO2. The van der Waals surface area contributed by atoms with Crippen molar-refractivity contribution < 1.29 is 9.84 Å². The number of benzene rings is 1. The molecule has 1 heterocycles. The summed E-state index contributed by atoms with van der Waals surface area (Å²) in [6, 6.07) is 5.93. The van der Waals surface area contributed by atoms with Crippen LogP contribution in [0, 0.1) is 5.92 Å². The van der Waals surface area contributed by atoms with Crippen LogP contribution < -0.4 is 4.74 Å². The predicted molar refractivity (Wildman–Crippen MR) is 74.7 cm³/mol. The lowest BCUT2D eigenvalue weighted by Gasteiger charge is -2.44. The minimum atomic E-state index is -0.389. The molecule has 0 radical (unpaired) electrons. The largest absolute Gasteiger partial charge is 0.487 e. The zero-order valence-corrected chi connectivity index (χ0v) is 12.2. The van der Waals surface area contributed by atoms with E-state index in [9.17, 15) is 5.11 Å². The lowest BCUT2D eigenvalue weighted by Crippen LogP contribution is -2.43. The highest BCUT2D eigenvalue weighted by atomic mass is 79.9. The molecule has 1 aromatic rings. The lowest BCUT2D eigenvalue weighted by atomic mass is 9.74. The number of aliphatic hydroxyl groups is 1. The first-order valence-corrected chi connectivity index (χ1v) is 7.54. The molecule has 0 unspecified atom stereocenters. The summed E-state index contributed by atoms with van der Waals surface area (Å²) in [5.41, 5.74) is 0.806. The summed E-state index contributed by atoms with van der Waals surface area (Å²) in [7, 11) is 0. The van der Waals surface area contributed by atoms with Gasteiger partial charge in [0.2, 0.25) is 0 Å². The Morgan fingerprint density at radius 2 is 2.06 bits per heavy atom. The molecule has 0 saturated heterocycles. The van der Waals surface area contributed by atoms with Crippen LogP contribution in [-0.4, -0.2) is 10.7 Å². The third-order valence-corrected chi connectivity index (χ3v) is 4.90. The molecule has 1 fully saturated rings. The van der Waals surface area contributed by atoms with Gasteiger partial charge in [0.15, 0.2) is 0 Å². The van der Waals surface area contributed by atoms with Crippen LogP contribution in [0.3, 0.4) is 0 Å². The van der Waals surface area contributed by atoms with Gasteiger partial charge in [0.05, 0.1) is 6.10 Å². The Morgan fingerprint density at radius 1 is 1.33 bits per heavy atom. The van der Waals surface area contributed by atoms with Crippen LogP contribution >= 0.6 is 15.9 Å². The maximum absolute atomic E-state index is 10.4. The van der Waals surface area contributed by atoms with Crippen LogP contribution in [0.1, 0.15) is 50.7 Å². The molecule has 0 amide bonds. The molecule has 0 aromatic heterocycles. The Morgan fingerprint density at radius 3 is 2.78 bits per heavy atom. The van der Waals surface area contributed by atoms with E-state index in [1.165, 1.54) is 12.8 Å². The average Bonchev–Trinajstić information content (AvgIpc) is 2.35. The van der Waals surface area contributed by atoms with E-state index in [-0.39, 0.29) is 11.7 Å². The van der Waals surface area contributed by atoms with E-state index in [4.69, 9.17) is 4.74 Å². The molecule has 1 N–H and O–H groups in total. The van der Waals surface area contributed by atoms with Gasteiger partial charge in [0.1, 0.15) is 11.4 Å². The van der Waals surface area contributed by atoms with E-state index >= 15 is 0 Å². The maximum atomic E-state index is 10.4. The number of ether oxygens (including phenoxy) is 1. The van der Waals surface area contributed by atoms with E-state index in [1.807, 2.05) is 18.2 Å². The molecular weight excluding hydrogens is 292 g/mol. The zero-order valence-electron chi connectivity index (χ0n) is 10.7. The average molecular weight is 311 g/mol. The topological polar surface area (TPSA) is 29.5 Å².